The van der Waals surface area contributed by atoms with Crippen molar-refractivity contribution in [1.29, 1.82) is 0 Å². The molecule has 4 aliphatic rings. The van der Waals surface area contributed by atoms with Gasteiger partial charge in [0.2, 0.25) is 6.29 Å². The zero-order valence-electron chi connectivity index (χ0n) is 26.4. The van der Waals surface area contributed by atoms with Gasteiger partial charge in [-0.05, 0) is 20.5 Å². The molecule has 2 aromatic heterocycles. The van der Waals surface area contributed by atoms with Gasteiger partial charge in [0.05, 0.1) is 37.2 Å². The number of carbonyl (C=O) groups is 1. The molecule has 6 rings (SSSR count). The number of nitrogens with two attached hydrogens (primary N) is 1. The van der Waals surface area contributed by atoms with Crippen LogP contribution in [0, 0.1) is 0 Å². The molecule has 2 aromatic rings. The van der Waals surface area contributed by atoms with Gasteiger partial charge in [-0.2, -0.15) is 0 Å². The smallest absolute Gasteiger partial charge is 0.390 e. The lowest BCUT2D eigenvalue weighted by molar-refractivity contribution is -0.420. The van der Waals surface area contributed by atoms with Gasteiger partial charge in [-0.3, -0.25) is 18.4 Å². The number of phosphoric acid groups is 1. The highest BCUT2D eigenvalue weighted by atomic mass is 31.2. The first kappa shape index (κ1) is 35.6. The molecule has 21 heteroatoms. The van der Waals surface area contributed by atoms with E-state index in [2.05, 4.69) is 25.6 Å². The summed E-state index contributed by atoms with van der Waals surface area (Å²) in [5.41, 5.74) is 6.31. The summed E-state index contributed by atoms with van der Waals surface area (Å²) in [6, 6.07) is -1.98. The monoisotopic (exact) mass is 703 g/mol. The van der Waals surface area contributed by atoms with Crippen LogP contribution in [0.5, 0.6) is 0 Å². The molecular formula is C27H42N7O13P. The van der Waals surface area contributed by atoms with Crippen molar-refractivity contribution in [1.82, 2.24) is 30.2 Å². The van der Waals surface area contributed by atoms with E-state index in [0.29, 0.717) is 6.42 Å². The molecule has 14 atom stereocenters. The fraction of sp³-hybridized carbons (Fsp3) is 0.778. The maximum atomic E-state index is 13.4. The van der Waals surface area contributed by atoms with Crippen LogP contribution in [0.2, 0.25) is 0 Å². The van der Waals surface area contributed by atoms with Crippen LogP contribution in [-0.4, -0.2) is 144 Å². The van der Waals surface area contributed by atoms with Crippen molar-refractivity contribution in [3.05, 3.63) is 12.7 Å². The van der Waals surface area contributed by atoms with Crippen LogP contribution < -0.4 is 16.4 Å². The van der Waals surface area contributed by atoms with Crippen LogP contribution in [0.25, 0.3) is 11.2 Å². The summed E-state index contributed by atoms with van der Waals surface area (Å²) in [5, 5.41) is 49.8. The summed E-state index contributed by atoms with van der Waals surface area (Å²) >= 11 is 0. The number of aromatic nitrogens is 4. The Morgan fingerprint density at radius 3 is 2.54 bits per heavy atom. The van der Waals surface area contributed by atoms with Crippen LogP contribution in [0.15, 0.2) is 12.7 Å². The van der Waals surface area contributed by atoms with E-state index in [-0.39, 0.29) is 23.4 Å². The predicted octanol–water partition coefficient (Wildman–Crippen LogP) is -2.57. The van der Waals surface area contributed by atoms with Crippen LogP contribution in [0.3, 0.4) is 0 Å². The van der Waals surface area contributed by atoms with E-state index in [1.54, 1.807) is 0 Å². The number of rotatable bonds is 11. The van der Waals surface area contributed by atoms with Crippen molar-refractivity contribution < 1.29 is 62.7 Å². The standard InChI is InChI=1S/C27H42N7O13P/c1-4-5-6-11-7-13(35)27(39)26(43-11)45-22-20(46-27)14(29-2)18(37)15(30-3)21(22)47-48(40,41)42-8-12-17(36)19(38)25(44-12)34-10-33-16-23(28)31-9-32-24(16)34/h9-12,14-15,17-22,25-26,29-30,36-39H,4-8H2,1-3H3,(H,40,41)(H2,28,31,32)/t11?,12-,14+,15-,17-,18-,19+,20-,21+,22+,25-,26+,27+/m1/s1. The molecule has 1 aliphatic carbocycles. The largest absolute Gasteiger partial charge is 0.472 e. The second-order valence-electron chi connectivity index (χ2n) is 12.3. The number of aliphatic hydroxyl groups excluding tert-OH is 3. The average molecular weight is 704 g/mol. The first-order chi connectivity index (χ1) is 22.8. The first-order valence-corrected chi connectivity index (χ1v) is 17.2. The van der Waals surface area contributed by atoms with E-state index >= 15 is 0 Å². The number of nitrogens with zero attached hydrogens (tertiary/aromatic N) is 4. The highest BCUT2D eigenvalue weighted by Crippen LogP contribution is 2.50. The van der Waals surface area contributed by atoms with E-state index in [4.69, 9.17) is 33.7 Å². The van der Waals surface area contributed by atoms with Crippen molar-refractivity contribution in [3.8, 4) is 0 Å². The number of Topliss-reactive ketones (excluding diaryl/α,β-unsaturated/α-hetero) is 1. The zero-order valence-corrected chi connectivity index (χ0v) is 27.3. The second kappa shape index (κ2) is 13.8. The van der Waals surface area contributed by atoms with Crippen molar-refractivity contribution in [2.24, 2.45) is 0 Å². The lowest BCUT2D eigenvalue weighted by atomic mass is 9.80. The molecule has 0 bridgehead atoms. The number of unbranched alkanes of at least 4 members (excludes halogenated alkanes) is 1. The molecule has 2 unspecified atom stereocenters. The Kier molecular flexibility index (Phi) is 10.2. The van der Waals surface area contributed by atoms with Gasteiger partial charge < -0.3 is 60.6 Å². The quantitative estimate of drug-likeness (QED) is 0.112. The molecule has 3 saturated heterocycles. The fourth-order valence-corrected chi connectivity index (χ4v) is 7.76. The zero-order chi connectivity index (χ0) is 34.5. The lowest BCUT2D eigenvalue weighted by Gasteiger charge is -2.56. The van der Waals surface area contributed by atoms with Gasteiger partial charge in [0.25, 0.3) is 5.79 Å². The third-order valence-electron chi connectivity index (χ3n) is 9.34. The number of nitrogens with one attached hydrogen (secondary N) is 2. The van der Waals surface area contributed by atoms with E-state index in [0.717, 1.165) is 12.8 Å². The Morgan fingerprint density at radius 2 is 1.83 bits per heavy atom. The summed E-state index contributed by atoms with van der Waals surface area (Å²) in [5.74, 6) is -3.04. The van der Waals surface area contributed by atoms with E-state index in [9.17, 15) is 34.7 Å². The number of ketones is 1. The highest BCUT2D eigenvalue weighted by Gasteiger charge is 2.65. The Morgan fingerprint density at radius 1 is 1.08 bits per heavy atom. The minimum absolute atomic E-state index is 0.0935. The van der Waals surface area contributed by atoms with Crippen molar-refractivity contribution in [3.63, 3.8) is 0 Å². The molecule has 9 N–H and O–H groups in total. The van der Waals surface area contributed by atoms with Gasteiger partial charge in [0.1, 0.15) is 48.5 Å². The molecule has 268 valence electrons. The summed E-state index contributed by atoms with van der Waals surface area (Å²) < 4.78 is 49.4. The predicted molar refractivity (Wildman–Crippen MR) is 161 cm³/mol. The minimum atomic E-state index is -5.05. The molecule has 48 heavy (non-hydrogen) atoms. The molecule has 0 spiro atoms. The van der Waals surface area contributed by atoms with Gasteiger partial charge in [-0.15, -0.1) is 0 Å². The minimum Gasteiger partial charge on any atom is -0.390 e. The fourth-order valence-electron chi connectivity index (χ4n) is 6.80. The van der Waals surface area contributed by atoms with Gasteiger partial charge in [-0.1, -0.05) is 19.8 Å². The first-order valence-electron chi connectivity index (χ1n) is 15.7. The van der Waals surface area contributed by atoms with Gasteiger partial charge >= 0.3 is 7.82 Å². The number of fused-ring (bicyclic) bond motifs is 3. The molecule has 20 nitrogen and oxygen atoms in total. The topological polar surface area (TPSA) is 284 Å². The number of hydrogen-bond acceptors (Lipinski definition) is 18. The number of likely N-dealkylation sites (N-methyl/N-ethyl adjacent to an activating group) is 2. The van der Waals surface area contributed by atoms with Gasteiger partial charge in [0.15, 0.2) is 23.5 Å². The second-order valence-corrected chi connectivity index (χ2v) is 13.7. The SMILES string of the molecule is CCCCC1CC(=O)[C@]2(O)O[C@@H]3[C@@H](NC)[C@@H](O)[C@@H](NC)[C@H](OP(=O)(O)OC[C@H]4O[C@@H](n5cnc6c(N)ncnc65)[C@@H](O)[C@@H]4O)[C@H]3O[C@@H]2O1. The van der Waals surface area contributed by atoms with Crippen molar-refractivity contribution in [2.75, 3.05) is 26.4 Å². The number of aliphatic hydroxyl groups is 4. The summed E-state index contributed by atoms with van der Waals surface area (Å²) in [7, 11) is -2.03. The molecule has 4 fully saturated rings. The maximum Gasteiger partial charge on any atom is 0.472 e. The normalized spacial score (nSPS) is 41.2. The summed E-state index contributed by atoms with van der Waals surface area (Å²) in [6.45, 7) is 1.27. The molecule has 0 radical (unpaired) electrons. The Labute approximate surface area is 274 Å². The van der Waals surface area contributed by atoms with Crippen molar-refractivity contribution in [2.45, 2.75) is 112 Å². The summed E-state index contributed by atoms with van der Waals surface area (Å²) in [6.07, 6.45) is -8.51. The molecule has 0 aromatic carbocycles. The molecular weight excluding hydrogens is 661 g/mol. The van der Waals surface area contributed by atoms with Crippen LogP contribution in [-0.2, 0) is 37.4 Å². The summed E-state index contributed by atoms with van der Waals surface area (Å²) in [4.78, 5) is 36.1. The number of anilines is 1. The Bertz CT molecular complexity index is 1520. The third-order valence-corrected chi connectivity index (χ3v) is 10.3. The molecule has 0 amide bonds. The van der Waals surface area contributed by atoms with E-state index in [1.807, 2.05) is 6.92 Å². The maximum absolute atomic E-state index is 13.4. The highest BCUT2D eigenvalue weighted by molar-refractivity contribution is 7.47. The number of carbonyl (C=O) groups excluding carboxylic acids is 1. The van der Waals surface area contributed by atoms with E-state index < -0.39 is 99.4 Å². The van der Waals surface area contributed by atoms with Crippen LogP contribution in [0.4, 0.5) is 5.82 Å². The van der Waals surface area contributed by atoms with E-state index in [1.165, 1.54) is 31.3 Å². The average Bonchev–Trinajstić information content (AvgIpc) is 3.60. The van der Waals surface area contributed by atoms with Gasteiger partial charge in [0, 0.05) is 6.42 Å². The lowest BCUT2D eigenvalue weighted by Crippen LogP contribution is -2.78. The van der Waals surface area contributed by atoms with Crippen molar-refractivity contribution >= 4 is 30.6 Å². The number of nitrogen functional groups attached to an aromatic ring is 1. The molecule has 3 aliphatic heterocycles. The number of imidazole rings is 1. The van der Waals surface area contributed by atoms with Gasteiger partial charge in [-0.25, -0.2) is 19.5 Å². The van der Waals surface area contributed by atoms with Crippen LogP contribution >= 0.6 is 7.82 Å². The Hall–Kier alpha value is -2.27. The number of ether oxygens (including phenoxy) is 4. The molecule has 1 saturated carbocycles. The third kappa shape index (κ3) is 6.28. The number of phosphoric ester groups is 1. The Balaban J connectivity index is 1.18. The number of hydrogen-bond donors (Lipinski definition) is 8. The molecule has 5 heterocycles. The van der Waals surface area contributed by atoms with Crippen LogP contribution in [0.1, 0.15) is 38.8 Å².